The van der Waals surface area contributed by atoms with Crippen molar-refractivity contribution in [2.75, 3.05) is 0 Å². The van der Waals surface area contributed by atoms with Crippen molar-refractivity contribution in [1.82, 2.24) is 0 Å². The Labute approximate surface area is 84.1 Å². The number of aldehydes is 1. The van der Waals surface area contributed by atoms with Gasteiger partial charge in [-0.1, -0.05) is 24.3 Å². The lowest BCUT2D eigenvalue weighted by Gasteiger charge is -2.02. The van der Waals surface area contributed by atoms with Gasteiger partial charge in [-0.25, -0.2) is 0 Å². The van der Waals surface area contributed by atoms with E-state index in [9.17, 15) is 9.59 Å². The van der Waals surface area contributed by atoms with Crippen LogP contribution in [0.4, 0.5) is 0 Å². The average molecular weight is 194 g/mol. The summed E-state index contributed by atoms with van der Waals surface area (Å²) in [5, 5.41) is 0. The van der Waals surface area contributed by atoms with Crippen LogP contribution < -0.4 is 0 Å². The number of rotatable bonds is 4. The molecule has 0 amide bonds. The average Bonchev–Trinajstić information content (AvgIpc) is 2.16. The fourth-order valence-electron chi connectivity index (χ4n) is 1.02. The molecule has 74 valence electrons. The monoisotopic (exact) mass is 194 g/mol. The number of ether oxygens (including phenoxy) is 1. The number of carbonyl (C=O) groups excluding carboxylic acids is 2. The zero-order valence-electron chi connectivity index (χ0n) is 8.95. The second-order valence-corrected chi connectivity index (χ2v) is 2.92. The summed E-state index contributed by atoms with van der Waals surface area (Å²) in [7, 11) is 0. The lowest BCUT2D eigenvalue weighted by molar-refractivity contribution is -0.142. The van der Waals surface area contributed by atoms with Crippen LogP contribution in [0.5, 0.6) is 0 Å². The highest BCUT2D eigenvalue weighted by Gasteiger charge is 1.96. The summed E-state index contributed by atoms with van der Waals surface area (Å²) in [6.45, 7) is 1.59. The molecule has 0 N–H and O–H groups in total. The second-order valence-electron chi connectivity index (χ2n) is 2.92. The predicted octanol–water partition coefficient (Wildman–Crippen LogP) is 1.49. The fourth-order valence-corrected chi connectivity index (χ4v) is 1.02. The van der Waals surface area contributed by atoms with Crippen LogP contribution in [0.3, 0.4) is 0 Å². The van der Waals surface area contributed by atoms with Crippen molar-refractivity contribution in [2.45, 2.75) is 20.0 Å². The van der Waals surface area contributed by atoms with Crippen molar-refractivity contribution in [2.24, 2.45) is 0 Å². The second kappa shape index (κ2) is 5.17. The minimum absolute atomic E-state index is 0.119. The van der Waals surface area contributed by atoms with Gasteiger partial charge < -0.3 is 9.53 Å². The molecule has 0 saturated carbocycles. The maximum atomic E-state index is 10.5. The van der Waals surface area contributed by atoms with Crippen molar-refractivity contribution in [3.63, 3.8) is 0 Å². The minimum Gasteiger partial charge on any atom is -0.461 e. The molecule has 0 heterocycles. The van der Waals surface area contributed by atoms with Crippen LogP contribution in [-0.4, -0.2) is 12.2 Å². The van der Waals surface area contributed by atoms with Gasteiger partial charge in [0.2, 0.25) is 0 Å². The molecule has 0 aliphatic carbocycles. The Kier molecular flexibility index (Phi) is 3.30. The Balaban J connectivity index is 2.56. The minimum atomic E-state index is -0.609. The summed E-state index contributed by atoms with van der Waals surface area (Å²) in [6.07, 6.45) is -0.490. The van der Waals surface area contributed by atoms with Gasteiger partial charge in [0.25, 0.3) is 0 Å². The number of hydrogen-bond acceptors (Lipinski definition) is 3. The van der Waals surface area contributed by atoms with E-state index in [0.29, 0.717) is 0 Å². The molecule has 0 aliphatic rings. The van der Waals surface area contributed by atoms with Crippen molar-refractivity contribution in [3.8, 4) is 0 Å². The standard InChI is InChI=1S/C11H12O3/c1-9(13)14-8-11-4-2-10(3-5-11)6-7-12/h2-5,7H,6,8H2,1H3/i7T. The lowest BCUT2D eigenvalue weighted by Crippen LogP contribution is -1.98. The van der Waals surface area contributed by atoms with Crippen LogP contribution in [0.15, 0.2) is 24.3 Å². The van der Waals surface area contributed by atoms with Gasteiger partial charge in [0.1, 0.15) is 14.2 Å². The molecule has 0 radical (unpaired) electrons. The molecular weight excluding hydrogens is 180 g/mol. The SMILES string of the molecule is [3H]C(=O)Cc1ccc(COC(C)=O)cc1. The van der Waals surface area contributed by atoms with Gasteiger partial charge in [-0.3, -0.25) is 4.79 Å². The van der Waals surface area contributed by atoms with E-state index in [-0.39, 0.29) is 19.0 Å². The first-order valence-corrected chi connectivity index (χ1v) is 4.28. The van der Waals surface area contributed by atoms with E-state index >= 15 is 0 Å². The van der Waals surface area contributed by atoms with E-state index in [1.165, 1.54) is 6.92 Å². The van der Waals surface area contributed by atoms with E-state index in [0.717, 1.165) is 11.1 Å². The van der Waals surface area contributed by atoms with Crippen LogP contribution >= 0.6 is 0 Å². The van der Waals surface area contributed by atoms with Gasteiger partial charge in [0, 0.05) is 13.3 Å². The molecule has 1 rings (SSSR count). The van der Waals surface area contributed by atoms with Crippen LogP contribution in [0.1, 0.15) is 19.4 Å². The number of benzene rings is 1. The Hall–Kier alpha value is -1.64. The molecule has 1 aromatic rings. The molecule has 0 saturated heterocycles. The van der Waals surface area contributed by atoms with Crippen LogP contribution in [0, 0.1) is 0 Å². The third-order valence-corrected chi connectivity index (χ3v) is 1.74. The highest BCUT2D eigenvalue weighted by Crippen LogP contribution is 2.05. The summed E-state index contributed by atoms with van der Waals surface area (Å²) in [6, 6.07) is 7.07. The molecule has 0 atom stereocenters. The van der Waals surface area contributed by atoms with Crippen molar-refractivity contribution in [1.29, 1.82) is 0 Å². The topological polar surface area (TPSA) is 43.4 Å². The first kappa shape index (κ1) is 8.94. The molecular formula is C11H12O3. The largest absolute Gasteiger partial charge is 0.461 e. The molecule has 3 nitrogen and oxygen atoms in total. The van der Waals surface area contributed by atoms with Crippen molar-refractivity contribution < 1.29 is 15.7 Å². The third kappa shape index (κ3) is 3.39. The Morgan fingerprint density at radius 1 is 1.43 bits per heavy atom. The Morgan fingerprint density at radius 3 is 2.50 bits per heavy atom. The van der Waals surface area contributed by atoms with E-state index in [1.54, 1.807) is 24.3 Å². The van der Waals surface area contributed by atoms with E-state index in [4.69, 9.17) is 6.11 Å². The quantitative estimate of drug-likeness (QED) is 0.538. The molecule has 0 aliphatic heterocycles. The lowest BCUT2D eigenvalue weighted by atomic mass is 10.1. The van der Waals surface area contributed by atoms with Gasteiger partial charge in [-0.15, -0.1) is 0 Å². The summed E-state index contributed by atoms with van der Waals surface area (Å²) >= 11 is 0. The van der Waals surface area contributed by atoms with Gasteiger partial charge in [0.05, 0.1) is 0 Å². The molecule has 1 aromatic carbocycles. The first-order valence-electron chi connectivity index (χ1n) is 4.78. The molecule has 0 fully saturated rings. The normalized spacial score (nSPS) is 10.5. The highest BCUT2D eigenvalue weighted by molar-refractivity contribution is 5.65. The van der Waals surface area contributed by atoms with Gasteiger partial charge in [-0.2, -0.15) is 0 Å². The number of carbonyl (C=O) groups is 2. The van der Waals surface area contributed by atoms with E-state index in [1.807, 2.05) is 0 Å². The molecule has 0 aromatic heterocycles. The number of esters is 1. The molecule has 0 unspecified atom stereocenters. The maximum Gasteiger partial charge on any atom is 0.302 e. The van der Waals surface area contributed by atoms with E-state index in [2.05, 4.69) is 0 Å². The molecule has 3 heteroatoms. The highest BCUT2D eigenvalue weighted by atomic mass is 16.5. The smallest absolute Gasteiger partial charge is 0.302 e. The molecule has 0 spiro atoms. The predicted molar refractivity (Wildman–Crippen MR) is 51.7 cm³/mol. The molecule has 0 bridgehead atoms. The van der Waals surface area contributed by atoms with Crippen molar-refractivity contribution in [3.05, 3.63) is 35.4 Å². The molecule has 14 heavy (non-hydrogen) atoms. The summed E-state index contributed by atoms with van der Waals surface area (Å²) < 4.78 is 11.6. The van der Waals surface area contributed by atoms with Crippen LogP contribution in [-0.2, 0) is 27.4 Å². The zero-order valence-corrected chi connectivity index (χ0v) is 7.95. The maximum absolute atomic E-state index is 10.5. The van der Waals surface area contributed by atoms with Gasteiger partial charge in [-0.05, 0) is 11.1 Å². The summed E-state index contributed by atoms with van der Waals surface area (Å²) in [5.74, 6) is -0.319. The fraction of sp³-hybridized carbons (Fsp3) is 0.273. The number of hydrogen-bond donors (Lipinski definition) is 0. The Morgan fingerprint density at radius 2 is 2.00 bits per heavy atom. The zero-order chi connectivity index (χ0) is 11.3. The van der Waals surface area contributed by atoms with Crippen LogP contribution in [0.25, 0.3) is 0 Å². The third-order valence-electron chi connectivity index (χ3n) is 1.74. The summed E-state index contributed by atoms with van der Waals surface area (Å²) in [4.78, 5) is 21.0. The van der Waals surface area contributed by atoms with Crippen molar-refractivity contribution >= 4 is 12.2 Å². The first-order chi connectivity index (χ1) is 7.08. The van der Waals surface area contributed by atoms with Gasteiger partial charge in [0.15, 0.2) is 0 Å². The Bertz CT molecular complexity index is 357. The summed E-state index contributed by atoms with van der Waals surface area (Å²) in [5.41, 5.74) is 1.66. The van der Waals surface area contributed by atoms with Crippen LogP contribution in [0.2, 0.25) is 0 Å². The van der Waals surface area contributed by atoms with E-state index < -0.39 is 6.26 Å². The van der Waals surface area contributed by atoms with Gasteiger partial charge >= 0.3 is 5.97 Å².